The van der Waals surface area contributed by atoms with E-state index in [9.17, 15) is 0 Å². The van der Waals surface area contributed by atoms with E-state index in [4.69, 9.17) is 9.47 Å². The molecule has 3 heteroatoms. The van der Waals surface area contributed by atoms with Crippen molar-refractivity contribution in [3.8, 4) is 11.5 Å². The first-order valence-corrected chi connectivity index (χ1v) is 8.84. The highest BCUT2D eigenvalue weighted by atomic mass is 16.5. The van der Waals surface area contributed by atoms with E-state index in [0.29, 0.717) is 0 Å². The van der Waals surface area contributed by atoms with E-state index in [2.05, 4.69) is 18.3 Å². The van der Waals surface area contributed by atoms with Crippen LogP contribution >= 0.6 is 0 Å². The van der Waals surface area contributed by atoms with Gasteiger partial charge in [0.15, 0.2) is 11.5 Å². The maximum atomic E-state index is 6.05. The minimum absolute atomic E-state index is 0.777. The minimum atomic E-state index is 0.777. The van der Waals surface area contributed by atoms with Crippen LogP contribution in [0.25, 0.3) is 0 Å². The quantitative estimate of drug-likeness (QED) is 0.575. The summed E-state index contributed by atoms with van der Waals surface area (Å²) in [5.74, 6) is 2.66. The van der Waals surface area contributed by atoms with Gasteiger partial charge in [-0.3, -0.25) is 0 Å². The van der Waals surface area contributed by atoms with Crippen molar-refractivity contribution in [2.24, 2.45) is 5.92 Å². The van der Waals surface area contributed by atoms with E-state index >= 15 is 0 Å². The van der Waals surface area contributed by atoms with Crippen LogP contribution < -0.4 is 14.8 Å². The van der Waals surface area contributed by atoms with Crippen LogP contribution in [0, 0.1) is 5.92 Å². The van der Waals surface area contributed by atoms with Crippen molar-refractivity contribution in [2.75, 3.05) is 20.3 Å². The number of ether oxygens (including phenoxy) is 2. The third kappa shape index (κ3) is 5.88. The molecule has 1 aromatic carbocycles. The molecule has 0 spiro atoms. The molecule has 0 unspecified atom stereocenters. The second kappa shape index (κ2) is 9.73. The van der Waals surface area contributed by atoms with Gasteiger partial charge in [0.05, 0.1) is 13.7 Å². The molecule has 2 rings (SSSR count). The molecule has 0 bridgehead atoms. The van der Waals surface area contributed by atoms with Crippen molar-refractivity contribution in [2.45, 2.75) is 58.4 Å². The highest BCUT2D eigenvalue weighted by molar-refractivity contribution is 5.46. The molecule has 1 fully saturated rings. The van der Waals surface area contributed by atoms with Gasteiger partial charge in [-0.2, -0.15) is 0 Å². The minimum Gasteiger partial charge on any atom is -0.493 e. The van der Waals surface area contributed by atoms with Gasteiger partial charge in [0, 0.05) is 12.1 Å². The van der Waals surface area contributed by atoms with Gasteiger partial charge < -0.3 is 14.8 Å². The molecule has 0 amide bonds. The molecule has 1 N–H and O–H groups in total. The summed E-state index contributed by atoms with van der Waals surface area (Å²) in [5.41, 5.74) is 1.20. The first-order chi connectivity index (χ1) is 10.8. The Kier molecular flexibility index (Phi) is 7.58. The van der Waals surface area contributed by atoms with Gasteiger partial charge in [-0.1, -0.05) is 44.7 Å². The van der Waals surface area contributed by atoms with Crippen LogP contribution in [0.2, 0.25) is 0 Å². The fourth-order valence-electron chi connectivity index (χ4n) is 2.64. The summed E-state index contributed by atoms with van der Waals surface area (Å²) in [5, 5.41) is 3.54. The molecule has 0 radical (unpaired) electrons. The van der Waals surface area contributed by atoms with Crippen LogP contribution in [0.4, 0.5) is 0 Å². The molecule has 22 heavy (non-hydrogen) atoms. The summed E-state index contributed by atoms with van der Waals surface area (Å²) >= 11 is 0. The Balaban J connectivity index is 1.82. The number of hydrogen-bond acceptors (Lipinski definition) is 3. The topological polar surface area (TPSA) is 30.5 Å². The van der Waals surface area contributed by atoms with Crippen molar-refractivity contribution in [3.63, 3.8) is 0 Å². The largest absolute Gasteiger partial charge is 0.493 e. The molecule has 0 saturated heterocycles. The van der Waals surface area contributed by atoms with E-state index in [1.807, 2.05) is 12.1 Å². The van der Waals surface area contributed by atoms with Crippen LogP contribution in [-0.2, 0) is 6.54 Å². The van der Waals surface area contributed by atoms with E-state index in [0.717, 1.165) is 43.5 Å². The Bertz CT molecular complexity index is 429. The third-order valence-corrected chi connectivity index (χ3v) is 4.22. The first-order valence-electron chi connectivity index (χ1n) is 8.84. The molecule has 0 aromatic heterocycles. The summed E-state index contributed by atoms with van der Waals surface area (Å²) in [4.78, 5) is 0. The van der Waals surface area contributed by atoms with Gasteiger partial charge in [-0.15, -0.1) is 0 Å². The highest BCUT2D eigenvalue weighted by Crippen LogP contribution is 2.32. The Morgan fingerprint density at radius 1 is 1.14 bits per heavy atom. The third-order valence-electron chi connectivity index (χ3n) is 4.22. The van der Waals surface area contributed by atoms with Crippen LogP contribution in [0.1, 0.15) is 57.4 Å². The number of methoxy groups -OCH3 is 1. The van der Waals surface area contributed by atoms with Gasteiger partial charge in [0.25, 0.3) is 0 Å². The first kappa shape index (κ1) is 17.1. The zero-order valence-corrected chi connectivity index (χ0v) is 14.2. The fourth-order valence-corrected chi connectivity index (χ4v) is 2.64. The predicted molar refractivity (Wildman–Crippen MR) is 91.7 cm³/mol. The molecule has 124 valence electrons. The lowest BCUT2D eigenvalue weighted by molar-refractivity contribution is 0.281. The molecule has 0 atom stereocenters. The summed E-state index contributed by atoms with van der Waals surface area (Å²) in [6.45, 7) is 5.00. The van der Waals surface area contributed by atoms with Crippen LogP contribution in [0.15, 0.2) is 18.2 Å². The Morgan fingerprint density at radius 2 is 1.95 bits per heavy atom. The Hall–Kier alpha value is -1.22. The molecular formula is C19H31NO2. The number of benzene rings is 1. The van der Waals surface area contributed by atoms with Crippen molar-refractivity contribution in [1.29, 1.82) is 0 Å². The van der Waals surface area contributed by atoms with Crippen molar-refractivity contribution in [3.05, 3.63) is 23.8 Å². The second-order valence-corrected chi connectivity index (χ2v) is 6.29. The van der Waals surface area contributed by atoms with Gasteiger partial charge in [-0.05, 0) is 37.8 Å². The normalized spacial score (nSPS) is 14.1. The average Bonchev–Trinajstić information content (AvgIpc) is 3.35. The summed E-state index contributed by atoms with van der Waals surface area (Å²) in [6, 6.07) is 6.16. The highest BCUT2D eigenvalue weighted by Gasteiger charge is 2.20. The molecule has 0 aliphatic heterocycles. The van der Waals surface area contributed by atoms with Gasteiger partial charge in [0.1, 0.15) is 0 Å². The number of rotatable bonds is 12. The zero-order valence-electron chi connectivity index (χ0n) is 14.2. The molecule has 1 aromatic rings. The zero-order chi connectivity index (χ0) is 15.6. The lowest BCUT2D eigenvalue weighted by atomic mass is 10.1. The molecule has 1 aliphatic rings. The average molecular weight is 305 g/mol. The standard InChI is InChI=1S/C19H31NO2/c1-3-4-5-6-7-13-22-19-17(9-8-10-18(19)21-2)15-20-14-16-11-12-16/h8-10,16,20H,3-7,11-15H2,1-2H3. The van der Waals surface area contributed by atoms with Crippen LogP contribution in [0.5, 0.6) is 11.5 Å². The SMILES string of the molecule is CCCCCCCOc1c(CNCC2CC2)cccc1OC. The fraction of sp³-hybridized carbons (Fsp3) is 0.684. The smallest absolute Gasteiger partial charge is 0.165 e. The number of unbranched alkanes of at least 4 members (excludes halogenated alkanes) is 4. The monoisotopic (exact) mass is 305 g/mol. The number of hydrogen-bond donors (Lipinski definition) is 1. The van der Waals surface area contributed by atoms with E-state index in [-0.39, 0.29) is 0 Å². The summed E-state index contributed by atoms with van der Waals surface area (Å²) in [7, 11) is 1.71. The van der Waals surface area contributed by atoms with E-state index in [1.54, 1.807) is 7.11 Å². The molecule has 3 nitrogen and oxygen atoms in total. The lowest BCUT2D eigenvalue weighted by Gasteiger charge is -2.15. The maximum Gasteiger partial charge on any atom is 0.165 e. The van der Waals surface area contributed by atoms with Gasteiger partial charge in [0.2, 0.25) is 0 Å². The molecule has 0 heterocycles. The summed E-state index contributed by atoms with van der Waals surface area (Å²) < 4.78 is 11.5. The van der Waals surface area contributed by atoms with Crippen LogP contribution in [-0.4, -0.2) is 20.3 Å². The Morgan fingerprint density at radius 3 is 2.68 bits per heavy atom. The molecular weight excluding hydrogens is 274 g/mol. The summed E-state index contributed by atoms with van der Waals surface area (Å²) in [6.07, 6.45) is 9.04. The van der Waals surface area contributed by atoms with Crippen molar-refractivity contribution in [1.82, 2.24) is 5.32 Å². The van der Waals surface area contributed by atoms with Gasteiger partial charge >= 0.3 is 0 Å². The second-order valence-electron chi connectivity index (χ2n) is 6.29. The van der Waals surface area contributed by atoms with E-state index < -0.39 is 0 Å². The predicted octanol–water partition coefficient (Wildman–Crippen LogP) is 4.54. The van der Waals surface area contributed by atoms with Crippen LogP contribution in [0.3, 0.4) is 0 Å². The van der Waals surface area contributed by atoms with Crippen molar-refractivity contribution < 1.29 is 9.47 Å². The number of nitrogens with one attached hydrogen (secondary N) is 1. The van der Waals surface area contributed by atoms with Crippen molar-refractivity contribution >= 4 is 0 Å². The van der Waals surface area contributed by atoms with Gasteiger partial charge in [-0.25, -0.2) is 0 Å². The van der Waals surface area contributed by atoms with E-state index in [1.165, 1.54) is 44.1 Å². The molecule has 1 saturated carbocycles. The maximum absolute atomic E-state index is 6.05. The lowest BCUT2D eigenvalue weighted by Crippen LogP contribution is -2.17. The molecule has 1 aliphatic carbocycles. The Labute approximate surface area is 135 Å². The number of para-hydroxylation sites is 1.